The molecule has 1 unspecified atom stereocenters. The molecule has 0 saturated carbocycles. The lowest BCUT2D eigenvalue weighted by molar-refractivity contribution is 0.440. The van der Waals surface area contributed by atoms with E-state index in [1.165, 1.54) is 44.1 Å². The minimum absolute atomic E-state index is 0.722. The third-order valence-electron chi connectivity index (χ3n) is 2.95. The van der Waals surface area contributed by atoms with Gasteiger partial charge < -0.3 is 5.32 Å². The predicted molar refractivity (Wildman–Crippen MR) is 74.2 cm³/mol. The van der Waals surface area contributed by atoms with Gasteiger partial charge in [-0.1, -0.05) is 26.7 Å². The molecule has 2 heteroatoms. The summed E-state index contributed by atoms with van der Waals surface area (Å²) in [7, 11) is 0. The van der Waals surface area contributed by atoms with Crippen LogP contribution in [-0.4, -0.2) is 12.6 Å². The van der Waals surface area contributed by atoms with Crippen molar-refractivity contribution in [2.75, 3.05) is 6.54 Å². The van der Waals surface area contributed by atoms with Crippen molar-refractivity contribution >= 4 is 11.3 Å². The molecular formula is C14H25NS. The van der Waals surface area contributed by atoms with Crippen LogP contribution in [0.4, 0.5) is 0 Å². The van der Waals surface area contributed by atoms with Crippen molar-refractivity contribution in [2.45, 2.75) is 58.4 Å². The molecular weight excluding hydrogens is 214 g/mol. The van der Waals surface area contributed by atoms with Crippen molar-refractivity contribution < 1.29 is 0 Å². The Morgan fingerprint density at radius 2 is 2.12 bits per heavy atom. The van der Waals surface area contributed by atoms with Crippen LogP contribution in [0.3, 0.4) is 0 Å². The van der Waals surface area contributed by atoms with Gasteiger partial charge in [0.25, 0.3) is 0 Å². The number of unbranched alkanes of at least 4 members (excludes halogenated alkanes) is 1. The molecule has 0 fully saturated rings. The zero-order valence-electron chi connectivity index (χ0n) is 10.7. The van der Waals surface area contributed by atoms with Crippen molar-refractivity contribution in [2.24, 2.45) is 0 Å². The lowest BCUT2D eigenvalue weighted by Crippen LogP contribution is -2.30. The van der Waals surface area contributed by atoms with Crippen LogP contribution in [0.5, 0.6) is 0 Å². The highest BCUT2D eigenvalue weighted by Gasteiger charge is 2.07. The number of hydrogen-bond donors (Lipinski definition) is 1. The fraction of sp³-hybridized carbons (Fsp3) is 0.714. The van der Waals surface area contributed by atoms with Gasteiger partial charge in [-0.05, 0) is 54.6 Å². The summed E-state index contributed by atoms with van der Waals surface area (Å²) in [6, 6.07) is 2.97. The van der Waals surface area contributed by atoms with E-state index in [1.54, 1.807) is 11.3 Å². The van der Waals surface area contributed by atoms with Crippen LogP contribution in [-0.2, 0) is 6.42 Å². The van der Waals surface area contributed by atoms with Crippen LogP contribution in [0.15, 0.2) is 16.8 Å². The van der Waals surface area contributed by atoms with Gasteiger partial charge in [0.05, 0.1) is 0 Å². The molecule has 1 aromatic rings. The molecule has 1 aromatic heterocycles. The van der Waals surface area contributed by atoms with Crippen molar-refractivity contribution in [3.63, 3.8) is 0 Å². The quantitative estimate of drug-likeness (QED) is 0.679. The fourth-order valence-electron chi connectivity index (χ4n) is 1.92. The second-order valence-electron chi connectivity index (χ2n) is 4.46. The number of thiophene rings is 1. The first-order chi connectivity index (χ1) is 7.86. The van der Waals surface area contributed by atoms with E-state index in [2.05, 4.69) is 36.0 Å². The Hall–Kier alpha value is -0.340. The zero-order valence-corrected chi connectivity index (χ0v) is 11.5. The van der Waals surface area contributed by atoms with E-state index in [4.69, 9.17) is 0 Å². The molecule has 1 heterocycles. The first-order valence-corrected chi connectivity index (χ1v) is 7.55. The fourth-order valence-corrected chi connectivity index (χ4v) is 2.63. The first-order valence-electron chi connectivity index (χ1n) is 6.61. The van der Waals surface area contributed by atoms with Gasteiger partial charge in [0, 0.05) is 6.04 Å². The first kappa shape index (κ1) is 13.7. The maximum Gasteiger partial charge on any atom is 0.00702 e. The van der Waals surface area contributed by atoms with Crippen molar-refractivity contribution in [3.05, 3.63) is 22.4 Å². The molecule has 92 valence electrons. The molecule has 0 aromatic carbocycles. The average Bonchev–Trinajstić information content (AvgIpc) is 2.81. The van der Waals surface area contributed by atoms with Crippen LogP contribution in [0.25, 0.3) is 0 Å². The molecule has 1 N–H and O–H groups in total. The standard InChI is InChI=1S/C14H25NS/c1-3-5-6-14(15-10-4-2)8-7-13-9-11-16-12-13/h9,11-12,14-15H,3-8,10H2,1-2H3. The second-order valence-corrected chi connectivity index (χ2v) is 5.24. The van der Waals surface area contributed by atoms with Crippen LogP contribution < -0.4 is 5.32 Å². The zero-order chi connectivity index (χ0) is 11.6. The average molecular weight is 239 g/mol. The summed E-state index contributed by atoms with van der Waals surface area (Å²) >= 11 is 1.81. The van der Waals surface area contributed by atoms with Crippen LogP contribution in [0.2, 0.25) is 0 Å². The summed E-state index contributed by atoms with van der Waals surface area (Å²) in [5.41, 5.74) is 1.50. The normalized spacial score (nSPS) is 12.9. The molecule has 1 nitrogen and oxygen atoms in total. The second kappa shape index (κ2) is 8.77. The number of nitrogens with one attached hydrogen (secondary N) is 1. The van der Waals surface area contributed by atoms with Gasteiger partial charge in [0.15, 0.2) is 0 Å². The van der Waals surface area contributed by atoms with Crippen LogP contribution in [0.1, 0.15) is 51.5 Å². The van der Waals surface area contributed by atoms with Crippen LogP contribution in [0, 0.1) is 0 Å². The lowest BCUT2D eigenvalue weighted by Gasteiger charge is -2.17. The molecule has 0 spiro atoms. The maximum absolute atomic E-state index is 3.67. The van der Waals surface area contributed by atoms with Gasteiger partial charge >= 0.3 is 0 Å². The smallest absolute Gasteiger partial charge is 0.00702 e. The number of aryl methyl sites for hydroxylation is 1. The Morgan fingerprint density at radius 3 is 2.75 bits per heavy atom. The van der Waals surface area contributed by atoms with Crippen molar-refractivity contribution in [1.29, 1.82) is 0 Å². The summed E-state index contributed by atoms with van der Waals surface area (Å²) in [6.45, 7) is 5.68. The molecule has 0 saturated heterocycles. The summed E-state index contributed by atoms with van der Waals surface area (Å²) in [5.74, 6) is 0. The molecule has 0 aliphatic carbocycles. The van der Waals surface area contributed by atoms with E-state index < -0.39 is 0 Å². The van der Waals surface area contributed by atoms with Crippen LogP contribution >= 0.6 is 11.3 Å². The molecule has 16 heavy (non-hydrogen) atoms. The minimum Gasteiger partial charge on any atom is -0.314 e. The van der Waals surface area contributed by atoms with Gasteiger partial charge in [-0.25, -0.2) is 0 Å². The van der Waals surface area contributed by atoms with Gasteiger partial charge in [0.2, 0.25) is 0 Å². The highest BCUT2D eigenvalue weighted by Crippen LogP contribution is 2.12. The Kier molecular flexibility index (Phi) is 7.52. The van der Waals surface area contributed by atoms with Gasteiger partial charge in [-0.15, -0.1) is 0 Å². The monoisotopic (exact) mass is 239 g/mol. The lowest BCUT2D eigenvalue weighted by atomic mass is 10.0. The number of rotatable bonds is 9. The molecule has 0 amide bonds. The summed E-state index contributed by atoms with van der Waals surface area (Å²) in [6.07, 6.45) is 7.75. The topological polar surface area (TPSA) is 12.0 Å². The van der Waals surface area contributed by atoms with E-state index in [9.17, 15) is 0 Å². The Balaban J connectivity index is 2.25. The highest BCUT2D eigenvalue weighted by atomic mass is 32.1. The SMILES string of the molecule is CCCCC(CCc1ccsc1)NCCC. The van der Waals surface area contributed by atoms with E-state index in [0.29, 0.717) is 0 Å². The molecule has 0 bridgehead atoms. The molecule has 0 aliphatic heterocycles. The van der Waals surface area contributed by atoms with Crippen molar-refractivity contribution in [1.82, 2.24) is 5.32 Å². The predicted octanol–water partition coefficient (Wildman–Crippen LogP) is 4.24. The summed E-state index contributed by atoms with van der Waals surface area (Å²) in [5, 5.41) is 8.12. The number of hydrogen-bond acceptors (Lipinski definition) is 2. The molecule has 0 aliphatic rings. The molecule has 0 radical (unpaired) electrons. The third kappa shape index (κ3) is 5.66. The minimum atomic E-state index is 0.722. The van der Waals surface area contributed by atoms with E-state index >= 15 is 0 Å². The van der Waals surface area contributed by atoms with E-state index in [-0.39, 0.29) is 0 Å². The summed E-state index contributed by atoms with van der Waals surface area (Å²) in [4.78, 5) is 0. The van der Waals surface area contributed by atoms with Crippen molar-refractivity contribution in [3.8, 4) is 0 Å². The van der Waals surface area contributed by atoms with Gasteiger partial charge in [0.1, 0.15) is 0 Å². The Labute approximate surface area is 104 Å². The van der Waals surface area contributed by atoms with E-state index in [0.717, 1.165) is 12.6 Å². The Bertz CT molecular complexity index is 235. The maximum atomic E-state index is 3.67. The Morgan fingerprint density at radius 1 is 1.25 bits per heavy atom. The van der Waals surface area contributed by atoms with Gasteiger partial charge in [-0.2, -0.15) is 11.3 Å². The third-order valence-corrected chi connectivity index (χ3v) is 3.68. The summed E-state index contributed by atoms with van der Waals surface area (Å²) < 4.78 is 0. The van der Waals surface area contributed by atoms with Gasteiger partial charge in [-0.3, -0.25) is 0 Å². The molecule has 1 atom stereocenters. The highest BCUT2D eigenvalue weighted by molar-refractivity contribution is 7.07. The largest absolute Gasteiger partial charge is 0.314 e. The van der Waals surface area contributed by atoms with E-state index in [1.807, 2.05) is 0 Å². The molecule has 1 rings (SSSR count).